The SMILES string of the molecule is CC(C)OCCCN(Cc1ccccc1OC(F)(F)C(F)F)CC(O)C(F)(F)F. The molecule has 1 rings (SSSR count). The molecule has 0 fully saturated rings. The molecule has 0 bridgehead atoms. The smallest absolute Gasteiger partial charge is 0.428 e. The summed E-state index contributed by atoms with van der Waals surface area (Å²) in [4.78, 5) is 1.17. The van der Waals surface area contributed by atoms with E-state index < -0.39 is 37.1 Å². The minimum Gasteiger partial charge on any atom is -0.428 e. The average Bonchev–Trinajstić information content (AvgIpc) is 2.58. The summed E-state index contributed by atoms with van der Waals surface area (Å²) in [6.45, 7) is 2.68. The fraction of sp³-hybridized carbons (Fsp3) is 0.667. The Morgan fingerprint density at radius 1 is 1.07 bits per heavy atom. The van der Waals surface area contributed by atoms with E-state index in [9.17, 15) is 35.8 Å². The Kier molecular flexibility index (Phi) is 9.63. The first-order chi connectivity index (χ1) is 13.3. The van der Waals surface area contributed by atoms with E-state index in [2.05, 4.69) is 4.74 Å². The molecule has 29 heavy (non-hydrogen) atoms. The summed E-state index contributed by atoms with van der Waals surface area (Å²) in [5.74, 6) is -0.581. The number of ether oxygens (including phenoxy) is 2. The quantitative estimate of drug-likeness (QED) is 0.389. The fourth-order valence-electron chi connectivity index (χ4n) is 2.36. The molecule has 0 spiro atoms. The highest BCUT2D eigenvalue weighted by atomic mass is 19.4. The van der Waals surface area contributed by atoms with Crippen LogP contribution in [0.4, 0.5) is 30.7 Å². The molecule has 0 aliphatic carbocycles. The Balaban J connectivity index is 2.94. The normalized spacial score (nSPS) is 14.1. The van der Waals surface area contributed by atoms with Gasteiger partial charge in [-0.1, -0.05) is 18.2 Å². The molecule has 1 N–H and O–H groups in total. The lowest BCUT2D eigenvalue weighted by atomic mass is 10.1. The van der Waals surface area contributed by atoms with Crippen molar-refractivity contribution in [2.45, 2.75) is 57.7 Å². The van der Waals surface area contributed by atoms with Crippen molar-refractivity contribution >= 4 is 0 Å². The predicted molar refractivity (Wildman–Crippen MR) is 91.1 cm³/mol. The van der Waals surface area contributed by atoms with Crippen molar-refractivity contribution in [3.63, 3.8) is 0 Å². The summed E-state index contributed by atoms with van der Waals surface area (Å²) in [7, 11) is 0. The van der Waals surface area contributed by atoms with E-state index in [1.165, 1.54) is 23.1 Å². The summed E-state index contributed by atoms with van der Waals surface area (Å²) >= 11 is 0. The first-order valence-electron chi connectivity index (χ1n) is 8.84. The van der Waals surface area contributed by atoms with Crippen molar-refractivity contribution in [2.24, 2.45) is 0 Å². The second kappa shape index (κ2) is 11.0. The third kappa shape index (κ3) is 9.18. The van der Waals surface area contributed by atoms with Gasteiger partial charge in [0, 0.05) is 31.8 Å². The van der Waals surface area contributed by atoms with Gasteiger partial charge in [0.05, 0.1) is 6.10 Å². The summed E-state index contributed by atoms with van der Waals surface area (Å²) in [5, 5.41) is 9.36. The van der Waals surface area contributed by atoms with Crippen molar-refractivity contribution in [3.05, 3.63) is 29.8 Å². The van der Waals surface area contributed by atoms with Gasteiger partial charge in [-0.2, -0.15) is 30.7 Å². The van der Waals surface area contributed by atoms with E-state index in [0.717, 1.165) is 6.07 Å². The molecule has 1 aromatic rings. The third-order valence-electron chi connectivity index (χ3n) is 3.75. The minimum absolute atomic E-state index is 0.0213. The summed E-state index contributed by atoms with van der Waals surface area (Å²) in [6.07, 6.45) is -16.1. The van der Waals surface area contributed by atoms with Gasteiger partial charge in [-0.25, -0.2) is 0 Å². The molecule has 1 aromatic carbocycles. The van der Waals surface area contributed by atoms with Crippen molar-refractivity contribution in [1.29, 1.82) is 0 Å². The average molecular weight is 435 g/mol. The van der Waals surface area contributed by atoms with Crippen LogP contribution in [0, 0.1) is 0 Å². The Bertz CT molecular complexity index is 611. The molecule has 1 atom stereocenters. The maximum atomic E-state index is 13.2. The Morgan fingerprint density at radius 3 is 2.24 bits per heavy atom. The molecule has 168 valence electrons. The second-order valence-corrected chi connectivity index (χ2v) is 6.64. The number of benzene rings is 1. The third-order valence-corrected chi connectivity index (χ3v) is 3.75. The number of nitrogens with zero attached hydrogens (tertiary/aromatic N) is 1. The van der Waals surface area contributed by atoms with Gasteiger partial charge in [-0.3, -0.25) is 4.90 Å². The van der Waals surface area contributed by atoms with E-state index in [0.29, 0.717) is 6.42 Å². The lowest BCUT2D eigenvalue weighted by Gasteiger charge is -2.27. The van der Waals surface area contributed by atoms with Gasteiger partial charge in [0.25, 0.3) is 0 Å². The van der Waals surface area contributed by atoms with Crippen LogP contribution in [0.2, 0.25) is 0 Å². The van der Waals surface area contributed by atoms with Crippen LogP contribution in [-0.2, 0) is 11.3 Å². The molecule has 0 aliphatic rings. The maximum Gasteiger partial charge on any atom is 0.461 e. The molecule has 4 nitrogen and oxygen atoms in total. The summed E-state index contributed by atoms with van der Waals surface area (Å²) < 4.78 is 98.9. The molecular formula is C18H24F7NO3. The molecule has 0 amide bonds. The number of aliphatic hydroxyl groups excluding tert-OH is 1. The Labute approximate surface area is 164 Å². The lowest BCUT2D eigenvalue weighted by Crippen LogP contribution is -2.41. The van der Waals surface area contributed by atoms with Gasteiger partial charge in [-0.15, -0.1) is 0 Å². The molecular weight excluding hydrogens is 411 g/mol. The molecule has 1 unspecified atom stereocenters. The van der Waals surface area contributed by atoms with Crippen LogP contribution in [0.5, 0.6) is 5.75 Å². The number of para-hydroxylation sites is 1. The Morgan fingerprint density at radius 2 is 1.69 bits per heavy atom. The number of rotatable bonds is 12. The van der Waals surface area contributed by atoms with Crippen LogP contribution in [0.1, 0.15) is 25.8 Å². The fourth-order valence-corrected chi connectivity index (χ4v) is 2.36. The molecule has 0 saturated carbocycles. The highest BCUT2D eigenvalue weighted by Crippen LogP contribution is 2.31. The van der Waals surface area contributed by atoms with E-state index in [1.807, 2.05) is 0 Å². The van der Waals surface area contributed by atoms with Gasteiger partial charge in [0.2, 0.25) is 0 Å². The van der Waals surface area contributed by atoms with E-state index in [-0.39, 0.29) is 31.4 Å². The first-order valence-corrected chi connectivity index (χ1v) is 8.84. The lowest BCUT2D eigenvalue weighted by molar-refractivity contribution is -0.253. The number of hydrogen-bond acceptors (Lipinski definition) is 4. The van der Waals surface area contributed by atoms with Gasteiger partial charge in [0.1, 0.15) is 5.75 Å². The van der Waals surface area contributed by atoms with Crippen LogP contribution in [0.3, 0.4) is 0 Å². The minimum atomic E-state index is -4.87. The summed E-state index contributed by atoms with van der Waals surface area (Å²) in [6, 6.07) is 4.97. The van der Waals surface area contributed by atoms with E-state index in [1.54, 1.807) is 13.8 Å². The largest absolute Gasteiger partial charge is 0.461 e. The van der Waals surface area contributed by atoms with Crippen LogP contribution >= 0.6 is 0 Å². The van der Waals surface area contributed by atoms with Crippen LogP contribution in [0.25, 0.3) is 0 Å². The number of hydrogen-bond donors (Lipinski definition) is 1. The van der Waals surface area contributed by atoms with Crippen LogP contribution < -0.4 is 4.74 Å². The number of aliphatic hydroxyl groups is 1. The first kappa shape index (κ1) is 25.4. The van der Waals surface area contributed by atoms with Gasteiger partial charge >= 0.3 is 18.7 Å². The van der Waals surface area contributed by atoms with Gasteiger partial charge in [0.15, 0.2) is 6.10 Å². The highest BCUT2D eigenvalue weighted by Gasteiger charge is 2.44. The van der Waals surface area contributed by atoms with Crippen LogP contribution in [-0.4, -0.2) is 60.6 Å². The van der Waals surface area contributed by atoms with Crippen molar-refractivity contribution in [2.75, 3.05) is 19.7 Å². The standard InChI is InChI=1S/C18H24F7NO3/c1-12(2)28-9-5-8-26(11-15(27)17(21,22)23)10-13-6-3-4-7-14(13)29-18(24,25)16(19)20/h3-4,6-7,12,15-16,27H,5,8-11H2,1-2H3. The number of halogens is 7. The van der Waals surface area contributed by atoms with E-state index >= 15 is 0 Å². The highest BCUT2D eigenvalue weighted by molar-refractivity contribution is 5.33. The maximum absolute atomic E-state index is 13.2. The zero-order valence-electron chi connectivity index (χ0n) is 15.9. The topological polar surface area (TPSA) is 41.9 Å². The number of alkyl halides is 7. The zero-order valence-corrected chi connectivity index (χ0v) is 15.9. The molecule has 0 radical (unpaired) electrons. The molecule has 0 aromatic heterocycles. The zero-order chi connectivity index (χ0) is 22.2. The predicted octanol–water partition coefficient (Wildman–Crippen LogP) is 4.46. The van der Waals surface area contributed by atoms with E-state index in [4.69, 9.17) is 4.74 Å². The molecule has 0 saturated heterocycles. The van der Waals surface area contributed by atoms with Crippen molar-refractivity contribution in [3.8, 4) is 5.75 Å². The Hall–Kier alpha value is -1.59. The van der Waals surface area contributed by atoms with Gasteiger partial charge < -0.3 is 14.6 Å². The van der Waals surface area contributed by atoms with Crippen molar-refractivity contribution < 1.29 is 45.3 Å². The monoisotopic (exact) mass is 435 g/mol. The summed E-state index contributed by atoms with van der Waals surface area (Å²) in [5.41, 5.74) is -0.0213. The molecule has 11 heteroatoms. The molecule has 0 aliphatic heterocycles. The second-order valence-electron chi connectivity index (χ2n) is 6.64. The van der Waals surface area contributed by atoms with Crippen LogP contribution in [0.15, 0.2) is 24.3 Å². The molecule has 0 heterocycles. The van der Waals surface area contributed by atoms with Crippen molar-refractivity contribution in [1.82, 2.24) is 4.90 Å². The van der Waals surface area contributed by atoms with Gasteiger partial charge in [-0.05, 0) is 26.3 Å².